The van der Waals surface area contributed by atoms with Crippen molar-refractivity contribution in [3.05, 3.63) is 81.0 Å². The van der Waals surface area contributed by atoms with Crippen molar-refractivity contribution in [2.24, 2.45) is 10.9 Å². The number of nitro groups is 1. The molecule has 230 valence electrons. The van der Waals surface area contributed by atoms with Crippen LogP contribution in [0.1, 0.15) is 56.6 Å². The highest BCUT2D eigenvalue weighted by Gasteiger charge is 2.42. The third kappa shape index (κ3) is 8.48. The van der Waals surface area contributed by atoms with E-state index in [2.05, 4.69) is 4.99 Å². The number of esters is 2. The number of allylic oxidation sites excluding steroid dienone is 1. The maximum Gasteiger partial charge on any atom is 0.336 e. The van der Waals surface area contributed by atoms with E-state index in [9.17, 15) is 19.7 Å². The molecule has 2 aliphatic rings. The first-order valence-corrected chi connectivity index (χ1v) is 14.5. The topological polar surface area (TPSA) is 136 Å². The first-order chi connectivity index (χ1) is 20.8. The van der Waals surface area contributed by atoms with Crippen LogP contribution in [0.2, 0.25) is 0 Å². The monoisotopic (exact) mass is 594 g/mol. The number of ether oxygens (including phenoxy) is 5. The number of benzene rings is 2. The molecular weight excluding hydrogens is 556 g/mol. The second-order valence-corrected chi connectivity index (χ2v) is 10.5. The van der Waals surface area contributed by atoms with Gasteiger partial charge in [0.05, 0.1) is 37.4 Å². The molecule has 3 atom stereocenters. The average Bonchev–Trinajstić information content (AvgIpc) is 3.01. The molecule has 11 nitrogen and oxygen atoms in total. The Labute approximate surface area is 251 Å². The second-order valence-electron chi connectivity index (χ2n) is 10.5. The Morgan fingerprint density at radius 1 is 1.07 bits per heavy atom. The Hall–Kier alpha value is -4.09. The van der Waals surface area contributed by atoms with Gasteiger partial charge in [0.1, 0.15) is 11.7 Å². The van der Waals surface area contributed by atoms with Crippen LogP contribution in [-0.2, 0) is 35.0 Å². The minimum Gasteiger partial charge on any atom is -0.493 e. The quantitative estimate of drug-likeness (QED) is 0.131. The Balaban J connectivity index is 1.31. The van der Waals surface area contributed by atoms with Gasteiger partial charge in [-0.05, 0) is 62.8 Å². The zero-order chi connectivity index (χ0) is 30.8. The predicted octanol–water partition coefficient (Wildman–Crippen LogP) is 5.31. The Morgan fingerprint density at radius 2 is 1.86 bits per heavy atom. The zero-order valence-corrected chi connectivity index (χ0v) is 24.8. The van der Waals surface area contributed by atoms with Crippen molar-refractivity contribution in [1.29, 1.82) is 0 Å². The predicted molar refractivity (Wildman–Crippen MR) is 158 cm³/mol. The molecule has 2 heterocycles. The van der Waals surface area contributed by atoms with Crippen molar-refractivity contribution in [2.45, 2.75) is 58.2 Å². The lowest BCUT2D eigenvalue weighted by atomic mass is 9.75. The number of aliphatic imine (C=N–C) groups is 1. The van der Waals surface area contributed by atoms with E-state index in [1.807, 2.05) is 24.3 Å². The van der Waals surface area contributed by atoms with Gasteiger partial charge >= 0.3 is 11.9 Å². The number of hydrogen-bond acceptors (Lipinski definition) is 10. The molecule has 0 saturated carbocycles. The van der Waals surface area contributed by atoms with Crippen molar-refractivity contribution in [1.82, 2.24) is 0 Å². The molecule has 43 heavy (non-hydrogen) atoms. The van der Waals surface area contributed by atoms with Gasteiger partial charge in [-0.25, -0.2) is 4.79 Å². The normalized spacial score (nSPS) is 20.3. The van der Waals surface area contributed by atoms with E-state index in [1.54, 1.807) is 19.9 Å². The number of hydrogen-bond donors (Lipinski definition) is 0. The Kier molecular flexibility index (Phi) is 11.4. The van der Waals surface area contributed by atoms with Gasteiger partial charge in [-0.2, -0.15) is 0 Å². The molecule has 2 aromatic rings. The molecule has 4 rings (SSSR count). The smallest absolute Gasteiger partial charge is 0.336 e. The van der Waals surface area contributed by atoms with E-state index < -0.39 is 28.7 Å². The minimum absolute atomic E-state index is 0.0710. The molecular formula is C32H38N2O9. The molecule has 2 aliphatic heterocycles. The largest absolute Gasteiger partial charge is 0.493 e. The summed E-state index contributed by atoms with van der Waals surface area (Å²) in [6.45, 7) is 5.07. The van der Waals surface area contributed by atoms with Crippen LogP contribution in [-0.4, -0.2) is 62.4 Å². The van der Waals surface area contributed by atoms with Gasteiger partial charge in [-0.3, -0.25) is 19.9 Å². The number of nitro benzene ring substituents is 1. The minimum atomic E-state index is -0.934. The molecule has 1 saturated heterocycles. The maximum absolute atomic E-state index is 13.3. The van der Waals surface area contributed by atoms with Gasteiger partial charge < -0.3 is 23.7 Å². The molecule has 0 aromatic heterocycles. The van der Waals surface area contributed by atoms with E-state index in [-0.39, 0.29) is 24.2 Å². The lowest BCUT2D eigenvalue weighted by Crippen LogP contribution is -2.36. The van der Waals surface area contributed by atoms with E-state index >= 15 is 0 Å². The van der Waals surface area contributed by atoms with Gasteiger partial charge in [0.15, 0.2) is 6.29 Å². The summed E-state index contributed by atoms with van der Waals surface area (Å²) in [5, 5.41) is 11.4. The highest BCUT2D eigenvalue weighted by Crippen LogP contribution is 2.41. The first kappa shape index (κ1) is 31.8. The fourth-order valence-electron chi connectivity index (χ4n) is 5.32. The van der Waals surface area contributed by atoms with Gasteiger partial charge in [0.2, 0.25) is 0 Å². The molecule has 11 heteroatoms. The van der Waals surface area contributed by atoms with Crippen molar-refractivity contribution in [3.63, 3.8) is 0 Å². The van der Waals surface area contributed by atoms with Crippen molar-refractivity contribution >= 4 is 23.3 Å². The van der Waals surface area contributed by atoms with Crippen LogP contribution in [0.5, 0.6) is 5.75 Å². The summed E-state index contributed by atoms with van der Waals surface area (Å²) < 4.78 is 27.8. The highest BCUT2D eigenvalue weighted by molar-refractivity contribution is 6.07. The second kappa shape index (κ2) is 15.4. The lowest BCUT2D eigenvalue weighted by Gasteiger charge is -2.31. The fraction of sp³-hybridized carbons (Fsp3) is 0.469. The van der Waals surface area contributed by atoms with Crippen LogP contribution in [0, 0.1) is 16.0 Å². The third-order valence-corrected chi connectivity index (χ3v) is 7.49. The average molecular weight is 595 g/mol. The summed E-state index contributed by atoms with van der Waals surface area (Å²) >= 11 is 0. The van der Waals surface area contributed by atoms with Crippen LogP contribution in [0.4, 0.5) is 5.69 Å². The van der Waals surface area contributed by atoms with Gasteiger partial charge in [0.25, 0.3) is 5.69 Å². The van der Waals surface area contributed by atoms with E-state index in [4.69, 9.17) is 23.7 Å². The van der Waals surface area contributed by atoms with Gasteiger partial charge in [0, 0.05) is 42.5 Å². The van der Waals surface area contributed by atoms with Crippen LogP contribution in [0.25, 0.3) is 0 Å². The lowest BCUT2D eigenvalue weighted by molar-refractivity contribution is -0.384. The molecule has 0 aliphatic carbocycles. The van der Waals surface area contributed by atoms with E-state index in [1.165, 1.54) is 25.3 Å². The summed E-state index contributed by atoms with van der Waals surface area (Å²) in [4.78, 5) is 41.5. The van der Waals surface area contributed by atoms with Gasteiger partial charge in [-0.1, -0.05) is 24.3 Å². The first-order valence-electron chi connectivity index (χ1n) is 14.5. The number of carbonyl (C=O) groups excluding carboxylic acids is 2. The molecule has 0 bridgehead atoms. The highest BCUT2D eigenvalue weighted by atomic mass is 16.7. The number of non-ortho nitro benzene ring substituents is 1. The number of rotatable bonds is 13. The zero-order valence-electron chi connectivity index (χ0n) is 24.8. The number of nitrogens with zero attached hydrogens (tertiary/aromatic N) is 2. The van der Waals surface area contributed by atoms with Crippen LogP contribution < -0.4 is 4.74 Å². The van der Waals surface area contributed by atoms with Gasteiger partial charge in [-0.15, -0.1) is 0 Å². The molecule has 0 spiro atoms. The van der Waals surface area contributed by atoms with Crippen molar-refractivity contribution in [3.8, 4) is 5.75 Å². The third-order valence-electron chi connectivity index (χ3n) is 7.49. The summed E-state index contributed by atoms with van der Waals surface area (Å²) in [6, 6.07) is 13.6. The Morgan fingerprint density at radius 3 is 2.56 bits per heavy atom. The Bertz CT molecular complexity index is 1350. The number of carbonyl (C=O) groups is 2. The van der Waals surface area contributed by atoms with Crippen LogP contribution in [0.3, 0.4) is 0 Å². The van der Waals surface area contributed by atoms with E-state index in [0.29, 0.717) is 42.4 Å². The number of methoxy groups -OCH3 is 1. The molecule has 1 fully saturated rings. The van der Waals surface area contributed by atoms with Crippen molar-refractivity contribution < 1.29 is 38.2 Å². The van der Waals surface area contributed by atoms with Crippen molar-refractivity contribution in [2.75, 3.05) is 33.5 Å². The molecule has 0 radical (unpaired) electrons. The molecule has 0 amide bonds. The molecule has 0 N–H and O–H groups in total. The van der Waals surface area contributed by atoms with E-state index in [0.717, 1.165) is 37.9 Å². The summed E-state index contributed by atoms with van der Waals surface area (Å²) in [6.07, 6.45) is 4.29. The summed E-state index contributed by atoms with van der Waals surface area (Å²) in [5.74, 6) is -2.33. The summed E-state index contributed by atoms with van der Waals surface area (Å²) in [5.41, 5.74) is 2.39. The van der Waals surface area contributed by atoms with Crippen LogP contribution >= 0.6 is 0 Å². The standard InChI is InChI=1S/C32H38N2O9/c1-21-28(31(35)39-3)30(24-8-6-9-25(20-24)34(37)38)29(22(2)33-21)32(36)43-18-7-17-40-26-13-11-23(12-14-26)15-19-42-27-10-4-5-16-41-27/h6,8-9,11-14,20,27-28,30H,4-5,7,10,15-19H2,1-3H3/t27-,28?,30?/m0/s1. The van der Waals surface area contributed by atoms with Crippen LogP contribution in [0.15, 0.2) is 64.8 Å². The fourth-order valence-corrected chi connectivity index (χ4v) is 5.32. The SMILES string of the molecule is COC(=O)C1C(C)=NC(C)=C(C(=O)OCCCOc2ccc(CCO[C@H]3CCCCO3)cc2)C1c1cccc([N+](=O)[O-])c1. The molecule has 2 aromatic carbocycles. The maximum atomic E-state index is 13.3. The summed E-state index contributed by atoms with van der Waals surface area (Å²) in [7, 11) is 1.25. The molecule has 2 unspecified atom stereocenters.